The number of furan rings is 1. The molecule has 118 valence electrons. The molecule has 1 spiro atoms. The van der Waals surface area contributed by atoms with Crippen molar-refractivity contribution in [3.8, 4) is 0 Å². The highest BCUT2D eigenvalue weighted by molar-refractivity contribution is 5.12. The fourth-order valence-electron chi connectivity index (χ4n) is 3.43. The van der Waals surface area contributed by atoms with E-state index in [-0.39, 0.29) is 17.9 Å². The van der Waals surface area contributed by atoms with Gasteiger partial charge in [0.05, 0.1) is 19.3 Å². The Balaban J connectivity index is 1.72. The minimum atomic E-state index is -0.337. The summed E-state index contributed by atoms with van der Waals surface area (Å²) in [4.78, 5) is 2.42. The molecule has 1 aromatic heterocycles. The highest BCUT2D eigenvalue weighted by atomic mass is 16.7. The maximum atomic E-state index is 6.37. The Morgan fingerprint density at radius 3 is 2.43 bits per heavy atom. The average Bonchev–Trinajstić information content (AvgIpc) is 3.11. The molecule has 3 heterocycles. The molecule has 0 bridgehead atoms. The van der Waals surface area contributed by atoms with Crippen molar-refractivity contribution in [2.45, 2.75) is 51.0 Å². The van der Waals surface area contributed by atoms with Crippen LogP contribution in [-0.4, -0.2) is 43.0 Å². The summed E-state index contributed by atoms with van der Waals surface area (Å²) >= 11 is 0. The summed E-state index contributed by atoms with van der Waals surface area (Å²) in [5.74, 6) is 1.58. The number of hydrogen-bond acceptors (Lipinski definition) is 5. The van der Waals surface area contributed by atoms with Crippen LogP contribution in [-0.2, 0) is 9.47 Å². The van der Waals surface area contributed by atoms with E-state index in [1.165, 1.54) is 0 Å². The van der Waals surface area contributed by atoms with Gasteiger partial charge < -0.3 is 19.6 Å². The summed E-state index contributed by atoms with van der Waals surface area (Å²) in [6, 6.07) is 4.29. The van der Waals surface area contributed by atoms with E-state index in [1.807, 2.05) is 13.0 Å². The first-order valence-corrected chi connectivity index (χ1v) is 7.97. The highest BCUT2D eigenvalue weighted by Crippen LogP contribution is 2.36. The Labute approximate surface area is 126 Å². The van der Waals surface area contributed by atoms with Gasteiger partial charge in [0.2, 0.25) is 0 Å². The minimum absolute atomic E-state index is 0.0787. The fourth-order valence-corrected chi connectivity index (χ4v) is 3.43. The number of piperidine rings is 1. The van der Waals surface area contributed by atoms with Gasteiger partial charge in [-0.25, -0.2) is 0 Å². The van der Waals surface area contributed by atoms with Crippen molar-refractivity contribution >= 4 is 0 Å². The van der Waals surface area contributed by atoms with Crippen molar-refractivity contribution < 1.29 is 13.9 Å². The maximum Gasteiger partial charge on any atom is 0.170 e. The van der Waals surface area contributed by atoms with Crippen molar-refractivity contribution in [2.75, 3.05) is 26.3 Å². The van der Waals surface area contributed by atoms with Crippen molar-refractivity contribution in [3.63, 3.8) is 0 Å². The molecule has 0 amide bonds. The molecule has 0 aromatic carbocycles. The molecule has 3 rings (SSSR count). The average molecular weight is 294 g/mol. The van der Waals surface area contributed by atoms with Crippen LogP contribution in [0.15, 0.2) is 16.5 Å². The number of hydrogen-bond donors (Lipinski definition) is 1. The van der Waals surface area contributed by atoms with Gasteiger partial charge in [-0.3, -0.25) is 4.90 Å². The molecule has 2 N–H and O–H groups in total. The van der Waals surface area contributed by atoms with E-state index in [4.69, 9.17) is 19.6 Å². The van der Waals surface area contributed by atoms with Gasteiger partial charge in [0.1, 0.15) is 11.5 Å². The molecule has 2 aliphatic rings. The van der Waals surface area contributed by atoms with Crippen LogP contribution in [0.25, 0.3) is 0 Å². The Morgan fingerprint density at radius 1 is 1.24 bits per heavy atom. The predicted molar refractivity (Wildman–Crippen MR) is 79.9 cm³/mol. The summed E-state index contributed by atoms with van der Waals surface area (Å²) in [6.45, 7) is 7.40. The number of aryl methyl sites for hydroxylation is 1. The number of rotatable bonds is 4. The van der Waals surface area contributed by atoms with Crippen molar-refractivity contribution in [1.29, 1.82) is 0 Å². The second kappa shape index (κ2) is 6.08. The molecule has 0 aliphatic carbocycles. The third-order valence-corrected chi connectivity index (χ3v) is 4.70. The molecule has 2 fully saturated rings. The van der Waals surface area contributed by atoms with E-state index in [0.717, 1.165) is 57.1 Å². The van der Waals surface area contributed by atoms with Gasteiger partial charge in [0.25, 0.3) is 0 Å². The molecule has 5 heteroatoms. The highest BCUT2D eigenvalue weighted by Gasteiger charge is 2.42. The topological polar surface area (TPSA) is 60.9 Å². The number of likely N-dealkylation sites (tertiary alicyclic amines) is 1. The van der Waals surface area contributed by atoms with E-state index < -0.39 is 0 Å². The first kappa shape index (κ1) is 15.0. The van der Waals surface area contributed by atoms with Crippen molar-refractivity contribution in [3.05, 3.63) is 23.7 Å². The maximum absolute atomic E-state index is 6.37. The Kier molecular flexibility index (Phi) is 4.36. The smallest absolute Gasteiger partial charge is 0.170 e. The van der Waals surface area contributed by atoms with Crippen LogP contribution in [0.1, 0.15) is 43.7 Å². The van der Waals surface area contributed by atoms with E-state index in [2.05, 4.69) is 17.9 Å². The van der Waals surface area contributed by atoms with E-state index in [9.17, 15) is 0 Å². The van der Waals surface area contributed by atoms with Crippen molar-refractivity contribution in [1.82, 2.24) is 4.90 Å². The summed E-state index contributed by atoms with van der Waals surface area (Å²) in [5, 5.41) is 0. The molecule has 2 atom stereocenters. The molecular formula is C16H26N2O3. The third-order valence-electron chi connectivity index (χ3n) is 4.70. The molecule has 5 nitrogen and oxygen atoms in total. The first-order chi connectivity index (χ1) is 10.1. The van der Waals surface area contributed by atoms with E-state index >= 15 is 0 Å². The summed E-state index contributed by atoms with van der Waals surface area (Å²) in [6.07, 6.45) is 2.73. The quantitative estimate of drug-likeness (QED) is 0.922. The number of nitrogens with two attached hydrogens (primary N) is 1. The largest absolute Gasteiger partial charge is 0.465 e. The Bertz CT molecular complexity index is 458. The van der Waals surface area contributed by atoms with Gasteiger partial charge >= 0.3 is 0 Å². The van der Waals surface area contributed by atoms with Crippen LogP contribution in [0.4, 0.5) is 0 Å². The van der Waals surface area contributed by atoms with Gasteiger partial charge in [-0.15, -0.1) is 0 Å². The predicted octanol–water partition coefficient (Wildman–Crippen LogP) is 2.21. The molecular weight excluding hydrogens is 268 g/mol. The summed E-state index contributed by atoms with van der Waals surface area (Å²) in [7, 11) is 0. The SMILES string of the molecule is CCC(N)C(c1ccc(C)o1)N1CCC2(CC1)OCCO2. The zero-order valence-corrected chi connectivity index (χ0v) is 13.0. The molecule has 2 unspecified atom stereocenters. The molecule has 0 saturated carbocycles. The number of nitrogens with zero attached hydrogens (tertiary/aromatic N) is 1. The first-order valence-electron chi connectivity index (χ1n) is 7.97. The zero-order valence-electron chi connectivity index (χ0n) is 13.0. The Hall–Kier alpha value is -0.880. The lowest BCUT2D eigenvalue weighted by molar-refractivity contribution is -0.189. The second-order valence-corrected chi connectivity index (χ2v) is 6.11. The van der Waals surface area contributed by atoms with Gasteiger partial charge in [-0.1, -0.05) is 6.92 Å². The lowest BCUT2D eigenvalue weighted by Gasteiger charge is -2.42. The summed E-state index contributed by atoms with van der Waals surface area (Å²) in [5.41, 5.74) is 6.37. The lowest BCUT2D eigenvalue weighted by Crippen LogP contribution is -2.50. The van der Waals surface area contributed by atoms with Crippen LogP contribution in [0.5, 0.6) is 0 Å². The Morgan fingerprint density at radius 2 is 1.90 bits per heavy atom. The van der Waals surface area contributed by atoms with Gasteiger partial charge in [0.15, 0.2) is 5.79 Å². The van der Waals surface area contributed by atoms with Crippen LogP contribution >= 0.6 is 0 Å². The normalized spacial score (nSPS) is 25.3. The molecule has 2 saturated heterocycles. The van der Waals surface area contributed by atoms with E-state index in [0.29, 0.717) is 0 Å². The number of ether oxygens (including phenoxy) is 2. The van der Waals surface area contributed by atoms with Crippen molar-refractivity contribution in [2.24, 2.45) is 5.73 Å². The summed E-state index contributed by atoms with van der Waals surface area (Å²) < 4.78 is 17.5. The second-order valence-electron chi connectivity index (χ2n) is 6.11. The van der Waals surface area contributed by atoms with Crippen LogP contribution in [0, 0.1) is 6.92 Å². The zero-order chi connectivity index (χ0) is 14.9. The van der Waals surface area contributed by atoms with Gasteiger partial charge in [-0.05, 0) is 25.5 Å². The molecule has 1 aromatic rings. The van der Waals surface area contributed by atoms with Crippen LogP contribution in [0.3, 0.4) is 0 Å². The van der Waals surface area contributed by atoms with E-state index in [1.54, 1.807) is 0 Å². The van der Waals surface area contributed by atoms with Gasteiger partial charge in [-0.2, -0.15) is 0 Å². The fraction of sp³-hybridized carbons (Fsp3) is 0.750. The van der Waals surface area contributed by atoms with Gasteiger partial charge in [0, 0.05) is 32.0 Å². The van der Waals surface area contributed by atoms with Crippen LogP contribution in [0.2, 0.25) is 0 Å². The third kappa shape index (κ3) is 3.01. The molecule has 2 aliphatic heterocycles. The molecule has 21 heavy (non-hydrogen) atoms. The van der Waals surface area contributed by atoms with Crippen LogP contribution < -0.4 is 5.73 Å². The standard InChI is InChI=1S/C16H26N2O3/c1-3-13(17)15(14-5-4-12(2)21-14)18-8-6-16(7-9-18)19-10-11-20-16/h4-5,13,15H,3,6-11,17H2,1-2H3. The lowest BCUT2D eigenvalue weighted by atomic mass is 9.96. The molecule has 0 radical (unpaired) electrons. The monoisotopic (exact) mass is 294 g/mol. The minimum Gasteiger partial charge on any atom is -0.465 e.